The summed E-state index contributed by atoms with van der Waals surface area (Å²) in [5, 5.41) is 10.8. The molecule has 190 valence electrons. The van der Waals surface area contributed by atoms with E-state index >= 15 is 0 Å². The van der Waals surface area contributed by atoms with Crippen LogP contribution >= 0.6 is 12.4 Å². The summed E-state index contributed by atoms with van der Waals surface area (Å²) >= 11 is 0. The number of aliphatic hydroxyl groups is 1. The van der Waals surface area contributed by atoms with Gasteiger partial charge in [-0.05, 0) is 52.1 Å². The first-order valence-corrected chi connectivity index (χ1v) is 11.8. The van der Waals surface area contributed by atoms with Gasteiger partial charge in [0.25, 0.3) is 5.91 Å². The maximum Gasteiger partial charge on any atom is 0.253 e. The molecule has 3 aromatic rings. The lowest BCUT2D eigenvalue weighted by molar-refractivity contribution is 0.0628. The molecule has 3 aromatic carbocycles. The van der Waals surface area contributed by atoms with E-state index in [1.165, 1.54) is 0 Å². The van der Waals surface area contributed by atoms with Crippen LogP contribution in [-0.2, 0) is 6.54 Å². The Morgan fingerprint density at radius 2 is 1.50 bits per heavy atom. The quantitative estimate of drug-likeness (QED) is 0.537. The number of piperazine rings is 1. The molecule has 1 fully saturated rings. The molecule has 1 N–H and O–H groups in total. The van der Waals surface area contributed by atoms with Crippen molar-refractivity contribution >= 4 is 18.3 Å². The summed E-state index contributed by atoms with van der Waals surface area (Å²) in [5.74, 6) is 1.85. The average molecular weight is 511 g/mol. The largest absolute Gasteiger partial charge is 0.493 e. The van der Waals surface area contributed by atoms with Gasteiger partial charge in [-0.3, -0.25) is 9.69 Å². The average Bonchev–Trinajstić information content (AvgIpc) is 3.19. The number of ether oxygens (including phenoxy) is 3. The molecule has 0 bridgehead atoms. The lowest BCUT2D eigenvalue weighted by Gasteiger charge is -2.35. The molecule has 1 aliphatic heterocycles. The van der Waals surface area contributed by atoms with Crippen LogP contribution in [0, 0.1) is 0 Å². The number of methoxy groups -OCH3 is 3. The highest BCUT2D eigenvalue weighted by Gasteiger charge is 2.29. The van der Waals surface area contributed by atoms with Crippen LogP contribution in [0.5, 0.6) is 17.2 Å². The van der Waals surface area contributed by atoms with Crippen molar-refractivity contribution in [1.82, 2.24) is 9.80 Å². The molecule has 8 heteroatoms. The summed E-state index contributed by atoms with van der Waals surface area (Å²) in [6, 6.07) is 17.5. The van der Waals surface area contributed by atoms with E-state index in [1.807, 2.05) is 59.5 Å². The third kappa shape index (κ3) is 4.62. The van der Waals surface area contributed by atoms with Crippen molar-refractivity contribution in [3.8, 4) is 28.4 Å². The number of hydrogen-bond acceptors (Lipinski definition) is 6. The fraction of sp³-hybridized carbons (Fsp3) is 0.321. The zero-order valence-corrected chi connectivity index (χ0v) is 21.5. The van der Waals surface area contributed by atoms with Gasteiger partial charge in [0.15, 0.2) is 11.5 Å². The van der Waals surface area contributed by atoms with E-state index in [9.17, 15) is 9.90 Å². The minimum atomic E-state index is -0.690. The van der Waals surface area contributed by atoms with Crippen molar-refractivity contribution in [2.24, 2.45) is 0 Å². The summed E-state index contributed by atoms with van der Waals surface area (Å²) in [6.45, 7) is 3.54. The Hall–Kier alpha value is -3.26. The number of carbonyl (C=O) groups excluding carboxylic acids is 1. The molecule has 1 heterocycles. The van der Waals surface area contributed by atoms with Crippen LogP contribution in [0.25, 0.3) is 11.1 Å². The number of benzene rings is 3. The van der Waals surface area contributed by atoms with E-state index in [1.54, 1.807) is 21.3 Å². The second kappa shape index (κ2) is 10.8. The summed E-state index contributed by atoms with van der Waals surface area (Å²) in [6.07, 6.45) is -0.690. The van der Waals surface area contributed by atoms with Crippen molar-refractivity contribution in [3.63, 3.8) is 0 Å². The molecule has 1 saturated heterocycles. The fourth-order valence-electron chi connectivity index (χ4n) is 5.09. The van der Waals surface area contributed by atoms with Crippen molar-refractivity contribution in [2.75, 3.05) is 47.5 Å². The molecule has 1 unspecified atom stereocenters. The molecular weight excluding hydrogens is 480 g/mol. The molecule has 1 amide bonds. The molecular formula is C28H31ClN2O5. The number of nitrogens with zero attached hydrogens (tertiary/aromatic N) is 2. The number of aliphatic hydroxyl groups excluding tert-OH is 1. The Labute approximate surface area is 217 Å². The number of rotatable bonds is 6. The molecule has 0 aromatic heterocycles. The maximum absolute atomic E-state index is 13.3. The van der Waals surface area contributed by atoms with Gasteiger partial charge in [0.1, 0.15) is 6.10 Å². The fourth-order valence-corrected chi connectivity index (χ4v) is 5.09. The second-order valence-electron chi connectivity index (χ2n) is 8.89. The van der Waals surface area contributed by atoms with Gasteiger partial charge in [0, 0.05) is 38.3 Å². The Bertz CT molecular complexity index is 1230. The summed E-state index contributed by atoms with van der Waals surface area (Å²) < 4.78 is 16.4. The zero-order chi connectivity index (χ0) is 24.5. The maximum atomic E-state index is 13.3. The highest BCUT2D eigenvalue weighted by molar-refractivity contribution is 5.96. The van der Waals surface area contributed by atoms with Crippen LogP contribution in [0.4, 0.5) is 0 Å². The van der Waals surface area contributed by atoms with Crippen LogP contribution in [0.15, 0.2) is 54.6 Å². The van der Waals surface area contributed by atoms with Gasteiger partial charge in [-0.15, -0.1) is 12.4 Å². The van der Waals surface area contributed by atoms with E-state index in [2.05, 4.69) is 4.90 Å². The van der Waals surface area contributed by atoms with Crippen LogP contribution < -0.4 is 14.2 Å². The molecule has 2 aliphatic rings. The lowest BCUT2D eigenvalue weighted by Crippen LogP contribution is -2.48. The van der Waals surface area contributed by atoms with E-state index in [0.717, 1.165) is 47.5 Å². The van der Waals surface area contributed by atoms with Gasteiger partial charge in [-0.25, -0.2) is 0 Å². The highest BCUT2D eigenvalue weighted by Crippen LogP contribution is 2.43. The molecule has 36 heavy (non-hydrogen) atoms. The third-order valence-electron chi connectivity index (χ3n) is 6.93. The first-order valence-electron chi connectivity index (χ1n) is 11.8. The third-order valence-corrected chi connectivity index (χ3v) is 6.93. The molecule has 7 nitrogen and oxygen atoms in total. The standard InChI is InChI=1S/C28H30N2O5.ClH/c1-33-24-14-18(15-25(34-2)27(24)35-3)17-29-10-12-30(13-11-29)28(32)19-8-9-21-20-6-4-5-7-22(20)26(31)23(21)16-19;/h4-9,14-16,26,31H,10-13,17H2,1-3H3;1H. The predicted molar refractivity (Wildman–Crippen MR) is 140 cm³/mol. The molecule has 1 atom stereocenters. The summed E-state index contributed by atoms with van der Waals surface area (Å²) in [7, 11) is 4.82. The Morgan fingerprint density at radius 3 is 2.14 bits per heavy atom. The lowest BCUT2D eigenvalue weighted by atomic mass is 10.0. The van der Waals surface area contributed by atoms with Crippen molar-refractivity contribution < 1.29 is 24.1 Å². The van der Waals surface area contributed by atoms with Crippen LogP contribution in [0.1, 0.15) is 33.2 Å². The molecule has 0 radical (unpaired) electrons. The molecule has 0 saturated carbocycles. The summed E-state index contributed by atoms with van der Waals surface area (Å²) in [5.41, 5.74) is 5.42. The molecule has 1 aliphatic carbocycles. The SMILES string of the molecule is COc1cc(CN2CCN(C(=O)c3ccc4c(c3)C(O)c3ccccc3-4)CC2)cc(OC)c1OC.Cl. The number of carbonyl (C=O) groups is 1. The van der Waals surface area contributed by atoms with Gasteiger partial charge in [-0.1, -0.05) is 30.3 Å². The number of halogens is 1. The molecule has 0 spiro atoms. The zero-order valence-electron chi connectivity index (χ0n) is 20.7. The second-order valence-corrected chi connectivity index (χ2v) is 8.89. The van der Waals surface area contributed by atoms with Gasteiger partial charge in [0.2, 0.25) is 5.75 Å². The summed E-state index contributed by atoms with van der Waals surface area (Å²) in [4.78, 5) is 17.5. The Morgan fingerprint density at radius 1 is 0.861 bits per heavy atom. The Balaban J connectivity index is 0.00000304. The van der Waals surface area contributed by atoms with E-state index < -0.39 is 6.10 Å². The van der Waals surface area contributed by atoms with Gasteiger partial charge in [-0.2, -0.15) is 0 Å². The van der Waals surface area contributed by atoms with Crippen molar-refractivity contribution in [1.29, 1.82) is 0 Å². The predicted octanol–water partition coefficient (Wildman–Crippen LogP) is 4.15. The highest BCUT2D eigenvalue weighted by atomic mass is 35.5. The first kappa shape index (κ1) is 25.8. The van der Waals surface area contributed by atoms with Gasteiger partial charge >= 0.3 is 0 Å². The topological polar surface area (TPSA) is 71.5 Å². The minimum Gasteiger partial charge on any atom is -0.493 e. The number of amides is 1. The van der Waals surface area contributed by atoms with Crippen LogP contribution in [-0.4, -0.2) is 68.3 Å². The van der Waals surface area contributed by atoms with Crippen molar-refractivity contribution in [2.45, 2.75) is 12.6 Å². The Kier molecular flexibility index (Phi) is 7.73. The van der Waals surface area contributed by atoms with Crippen molar-refractivity contribution in [3.05, 3.63) is 76.9 Å². The van der Waals surface area contributed by atoms with E-state index in [0.29, 0.717) is 35.9 Å². The normalized spacial score (nSPS) is 16.6. The molecule has 5 rings (SSSR count). The van der Waals surface area contributed by atoms with Gasteiger partial charge < -0.3 is 24.2 Å². The number of hydrogen-bond donors (Lipinski definition) is 1. The van der Waals surface area contributed by atoms with E-state index in [-0.39, 0.29) is 18.3 Å². The minimum absolute atomic E-state index is 0. The van der Waals surface area contributed by atoms with E-state index in [4.69, 9.17) is 14.2 Å². The number of fused-ring (bicyclic) bond motifs is 3. The van der Waals surface area contributed by atoms with Gasteiger partial charge in [0.05, 0.1) is 21.3 Å². The first-order chi connectivity index (χ1) is 17.0. The van der Waals surface area contributed by atoms with Crippen LogP contribution in [0.2, 0.25) is 0 Å². The van der Waals surface area contributed by atoms with Crippen LogP contribution in [0.3, 0.4) is 0 Å². The smallest absolute Gasteiger partial charge is 0.253 e. The monoisotopic (exact) mass is 510 g/mol.